The number of hydrogen-bond acceptors (Lipinski definition) is 3. The van der Waals surface area contributed by atoms with Gasteiger partial charge < -0.3 is 9.47 Å². The van der Waals surface area contributed by atoms with Gasteiger partial charge in [0.2, 0.25) is 0 Å². The quantitative estimate of drug-likeness (QED) is 0.702. The second-order valence-electron chi connectivity index (χ2n) is 4.77. The van der Waals surface area contributed by atoms with Gasteiger partial charge in [-0.05, 0) is 18.4 Å². The summed E-state index contributed by atoms with van der Waals surface area (Å²) in [4.78, 5) is 11.1. The largest absolute Gasteiger partial charge is 0.436 e. The van der Waals surface area contributed by atoms with Crippen molar-refractivity contribution in [2.45, 2.75) is 33.8 Å². The number of hydrogen-bond donors (Lipinski definition) is 0. The standard InChI is InChI=1S/C10H10O3.C4H10/c1-7-3-2-4-8(5-7)9-10(11)13-6-12-9;1-4(2)3/h2-5,9H,6H2,1H3;4H,1-3H3/t9-;/m1./s1. The minimum absolute atomic E-state index is 0.0669. The van der Waals surface area contributed by atoms with Crippen LogP contribution in [0.25, 0.3) is 0 Å². The first-order valence-electron chi connectivity index (χ1n) is 5.85. The molecule has 1 aliphatic heterocycles. The predicted octanol–water partition coefficient (Wildman–Crippen LogP) is 3.23. The van der Waals surface area contributed by atoms with Gasteiger partial charge in [-0.1, -0.05) is 50.6 Å². The second-order valence-corrected chi connectivity index (χ2v) is 4.77. The van der Waals surface area contributed by atoms with Crippen LogP contribution in [0.4, 0.5) is 0 Å². The molecule has 1 aliphatic rings. The second kappa shape index (κ2) is 6.40. The maximum absolute atomic E-state index is 11.1. The number of ether oxygens (including phenoxy) is 2. The Labute approximate surface area is 103 Å². The van der Waals surface area contributed by atoms with E-state index in [4.69, 9.17) is 9.47 Å². The topological polar surface area (TPSA) is 35.5 Å². The zero-order chi connectivity index (χ0) is 12.8. The molecule has 0 unspecified atom stereocenters. The van der Waals surface area contributed by atoms with Crippen LogP contribution >= 0.6 is 0 Å². The molecule has 0 aromatic heterocycles. The average Bonchev–Trinajstić information content (AvgIpc) is 2.63. The molecule has 1 fully saturated rings. The van der Waals surface area contributed by atoms with E-state index in [1.165, 1.54) is 0 Å². The third-order valence-electron chi connectivity index (χ3n) is 1.99. The highest BCUT2D eigenvalue weighted by atomic mass is 16.7. The van der Waals surface area contributed by atoms with Gasteiger partial charge in [-0.3, -0.25) is 0 Å². The van der Waals surface area contributed by atoms with E-state index in [0.29, 0.717) is 0 Å². The molecule has 1 saturated heterocycles. The molecule has 0 radical (unpaired) electrons. The van der Waals surface area contributed by atoms with E-state index in [9.17, 15) is 4.79 Å². The van der Waals surface area contributed by atoms with Crippen LogP contribution in [-0.4, -0.2) is 12.8 Å². The van der Waals surface area contributed by atoms with Crippen LogP contribution in [0.2, 0.25) is 0 Å². The SMILES string of the molecule is CC(C)C.Cc1cccc([C@H]2OCOC2=O)c1. The van der Waals surface area contributed by atoms with Crippen LogP contribution in [0.5, 0.6) is 0 Å². The smallest absolute Gasteiger partial charge is 0.342 e. The normalized spacial score (nSPS) is 18.6. The van der Waals surface area contributed by atoms with Gasteiger partial charge in [0.15, 0.2) is 12.9 Å². The summed E-state index contributed by atoms with van der Waals surface area (Å²) >= 11 is 0. The molecule has 3 heteroatoms. The summed E-state index contributed by atoms with van der Waals surface area (Å²) in [5.74, 6) is 0.533. The van der Waals surface area contributed by atoms with Crippen LogP contribution < -0.4 is 0 Å². The fourth-order valence-electron chi connectivity index (χ4n) is 1.37. The summed E-state index contributed by atoms with van der Waals surface area (Å²) in [7, 11) is 0. The molecular weight excluding hydrogens is 216 g/mol. The molecule has 1 atom stereocenters. The monoisotopic (exact) mass is 236 g/mol. The van der Waals surface area contributed by atoms with Crippen molar-refractivity contribution in [3.05, 3.63) is 35.4 Å². The lowest BCUT2D eigenvalue weighted by molar-refractivity contribution is -0.139. The number of carbonyl (C=O) groups excluding carboxylic acids is 1. The summed E-state index contributed by atoms with van der Waals surface area (Å²) in [5, 5.41) is 0. The van der Waals surface area contributed by atoms with E-state index in [-0.39, 0.29) is 12.8 Å². The zero-order valence-electron chi connectivity index (χ0n) is 10.9. The van der Waals surface area contributed by atoms with Crippen molar-refractivity contribution in [1.82, 2.24) is 0 Å². The summed E-state index contributed by atoms with van der Waals surface area (Å²) in [6, 6.07) is 7.67. The minimum Gasteiger partial charge on any atom is -0.436 e. The molecule has 3 nitrogen and oxygen atoms in total. The first kappa shape index (κ1) is 13.7. The van der Waals surface area contributed by atoms with Gasteiger partial charge in [-0.15, -0.1) is 0 Å². The molecule has 1 aromatic carbocycles. The zero-order valence-corrected chi connectivity index (χ0v) is 10.9. The van der Waals surface area contributed by atoms with E-state index in [1.54, 1.807) is 0 Å². The van der Waals surface area contributed by atoms with Crippen LogP contribution in [0, 0.1) is 12.8 Å². The molecular formula is C14H20O3. The molecule has 1 aromatic rings. The van der Waals surface area contributed by atoms with E-state index in [0.717, 1.165) is 17.0 Å². The Morgan fingerprint density at radius 2 is 1.94 bits per heavy atom. The lowest BCUT2D eigenvalue weighted by atomic mass is 10.1. The number of carbonyl (C=O) groups is 1. The Kier molecular flexibility index (Phi) is 5.16. The fourth-order valence-corrected chi connectivity index (χ4v) is 1.37. The number of rotatable bonds is 1. The predicted molar refractivity (Wildman–Crippen MR) is 66.5 cm³/mol. The van der Waals surface area contributed by atoms with Gasteiger partial charge in [-0.25, -0.2) is 4.79 Å². The first-order chi connectivity index (χ1) is 8.00. The number of aryl methyl sites for hydroxylation is 1. The summed E-state index contributed by atoms with van der Waals surface area (Å²) in [5.41, 5.74) is 1.98. The molecule has 0 amide bonds. The van der Waals surface area contributed by atoms with Crippen LogP contribution in [-0.2, 0) is 14.3 Å². The Balaban J connectivity index is 0.000000317. The van der Waals surface area contributed by atoms with Crippen LogP contribution in [0.15, 0.2) is 24.3 Å². The van der Waals surface area contributed by atoms with E-state index >= 15 is 0 Å². The average molecular weight is 236 g/mol. The molecule has 17 heavy (non-hydrogen) atoms. The van der Waals surface area contributed by atoms with Gasteiger partial charge >= 0.3 is 5.97 Å². The summed E-state index contributed by atoms with van der Waals surface area (Å²) < 4.78 is 9.83. The van der Waals surface area contributed by atoms with Crippen molar-refractivity contribution in [1.29, 1.82) is 0 Å². The van der Waals surface area contributed by atoms with Crippen LogP contribution in [0.1, 0.15) is 38.0 Å². The fraction of sp³-hybridized carbons (Fsp3) is 0.500. The highest BCUT2D eigenvalue weighted by Gasteiger charge is 2.28. The summed E-state index contributed by atoms with van der Waals surface area (Å²) in [6.45, 7) is 8.54. The van der Waals surface area contributed by atoms with Gasteiger partial charge in [-0.2, -0.15) is 0 Å². The van der Waals surface area contributed by atoms with Gasteiger partial charge in [0.05, 0.1) is 0 Å². The van der Waals surface area contributed by atoms with Crippen molar-refractivity contribution < 1.29 is 14.3 Å². The van der Waals surface area contributed by atoms with Crippen molar-refractivity contribution >= 4 is 5.97 Å². The third-order valence-corrected chi connectivity index (χ3v) is 1.99. The number of esters is 1. The lowest BCUT2D eigenvalue weighted by Crippen LogP contribution is -2.06. The van der Waals surface area contributed by atoms with Crippen molar-refractivity contribution in [2.24, 2.45) is 5.92 Å². The maximum Gasteiger partial charge on any atom is 0.342 e. The van der Waals surface area contributed by atoms with Crippen molar-refractivity contribution in [2.75, 3.05) is 6.79 Å². The Morgan fingerprint density at radius 1 is 1.29 bits per heavy atom. The highest BCUT2D eigenvalue weighted by Crippen LogP contribution is 2.24. The maximum atomic E-state index is 11.1. The molecule has 0 bridgehead atoms. The molecule has 2 rings (SSSR count). The third kappa shape index (κ3) is 4.57. The number of cyclic esters (lactones) is 1. The van der Waals surface area contributed by atoms with Crippen molar-refractivity contribution in [3.8, 4) is 0 Å². The minimum atomic E-state index is -0.528. The Morgan fingerprint density at radius 3 is 2.41 bits per heavy atom. The molecule has 0 N–H and O–H groups in total. The van der Waals surface area contributed by atoms with E-state index in [2.05, 4.69) is 20.8 Å². The Bertz CT molecular complexity index is 369. The first-order valence-corrected chi connectivity index (χ1v) is 5.85. The van der Waals surface area contributed by atoms with Crippen LogP contribution in [0.3, 0.4) is 0 Å². The van der Waals surface area contributed by atoms with E-state index in [1.807, 2.05) is 31.2 Å². The summed E-state index contributed by atoms with van der Waals surface area (Å²) in [6.07, 6.45) is -0.528. The number of benzene rings is 1. The van der Waals surface area contributed by atoms with Gasteiger partial charge in [0.25, 0.3) is 0 Å². The molecule has 0 aliphatic carbocycles. The molecule has 0 spiro atoms. The lowest BCUT2D eigenvalue weighted by Gasteiger charge is -2.05. The molecule has 1 heterocycles. The highest BCUT2D eigenvalue weighted by molar-refractivity contribution is 5.77. The molecule has 0 saturated carbocycles. The van der Waals surface area contributed by atoms with Gasteiger partial charge in [0, 0.05) is 0 Å². The van der Waals surface area contributed by atoms with Crippen molar-refractivity contribution in [3.63, 3.8) is 0 Å². The Hall–Kier alpha value is -1.35. The van der Waals surface area contributed by atoms with Gasteiger partial charge in [0.1, 0.15) is 0 Å². The van der Waals surface area contributed by atoms with E-state index < -0.39 is 6.10 Å². The molecule has 94 valence electrons.